The van der Waals surface area contributed by atoms with Crippen LogP contribution in [0, 0.1) is 19.8 Å². The van der Waals surface area contributed by atoms with Crippen LogP contribution >= 0.6 is 11.6 Å². The summed E-state index contributed by atoms with van der Waals surface area (Å²) in [5.41, 5.74) is 4.57. The van der Waals surface area contributed by atoms with Crippen molar-refractivity contribution < 1.29 is 5.11 Å². The number of aromatic nitrogens is 2. The number of rotatable bonds is 7. The van der Waals surface area contributed by atoms with Crippen molar-refractivity contribution in [2.45, 2.75) is 46.9 Å². The van der Waals surface area contributed by atoms with Crippen molar-refractivity contribution in [3.63, 3.8) is 0 Å². The fraction of sp³-hybridized carbons (Fsp3) is 0.500. The van der Waals surface area contributed by atoms with Crippen molar-refractivity contribution in [2.24, 2.45) is 5.92 Å². The van der Waals surface area contributed by atoms with E-state index in [0.29, 0.717) is 6.54 Å². The van der Waals surface area contributed by atoms with Gasteiger partial charge >= 0.3 is 0 Å². The van der Waals surface area contributed by atoms with E-state index in [1.54, 1.807) is 0 Å². The monoisotopic (exact) mass is 335 g/mol. The molecule has 0 aliphatic heterocycles. The standard InChI is InChI=1S/C18H26ClN3O/c1-12(2)18(23)10-20-9-17-13(3)21-22(14(17)4)11-15-5-7-16(19)8-6-15/h5-8,12,18,20,23H,9-11H2,1-4H3. The number of benzene rings is 1. The Morgan fingerprint density at radius 2 is 1.87 bits per heavy atom. The first kappa shape index (κ1) is 18.0. The molecule has 23 heavy (non-hydrogen) atoms. The van der Waals surface area contributed by atoms with Crippen molar-refractivity contribution in [3.05, 3.63) is 51.8 Å². The van der Waals surface area contributed by atoms with Gasteiger partial charge < -0.3 is 10.4 Å². The van der Waals surface area contributed by atoms with Crippen LogP contribution in [0.4, 0.5) is 0 Å². The number of aliphatic hydroxyl groups is 1. The first-order chi connectivity index (χ1) is 10.9. The number of hydrogen-bond acceptors (Lipinski definition) is 3. The lowest BCUT2D eigenvalue weighted by molar-refractivity contribution is 0.123. The normalized spacial score (nSPS) is 12.8. The zero-order chi connectivity index (χ0) is 17.0. The Bertz CT molecular complexity index is 634. The molecule has 1 atom stereocenters. The largest absolute Gasteiger partial charge is 0.392 e. The second kappa shape index (κ2) is 7.95. The molecule has 1 heterocycles. The second-order valence-corrected chi connectivity index (χ2v) is 6.81. The van der Waals surface area contributed by atoms with Gasteiger partial charge in [0.1, 0.15) is 0 Å². The predicted molar refractivity (Wildman–Crippen MR) is 94.8 cm³/mol. The Morgan fingerprint density at radius 1 is 1.22 bits per heavy atom. The minimum Gasteiger partial charge on any atom is -0.392 e. The molecule has 0 aliphatic rings. The Morgan fingerprint density at radius 3 is 2.48 bits per heavy atom. The highest BCUT2D eigenvalue weighted by molar-refractivity contribution is 6.30. The van der Waals surface area contributed by atoms with Gasteiger partial charge in [-0.2, -0.15) is 5.10 Å². The summed E-state index contributed by atoms with van der Waals surface area (Å²) in [4.78, 5) is 0. The van der Waals surface area contributed by atoms with Crippen LogP contribution in [-0.2, 0) is 13.1 Å². The summed E-state index contributed by atoms with van der Waals surface area (Å²) in [5.74, 6) is 0.261. The van der Waals surface area contributed by atoms with Crippen LogP contribution in [0.1, 0.15) is 36.4 Å². The molecule has 0 saturated carbocycles. The van der Waals surface area contributed by atoms with Gasteiger partial charge in [0, 0.05) is 29.4 Å². The van der Waals surface area contributed by atoms with Crippen LogP contribution in [0.25, 0.3) is 0 Å². The van der Waals surface area contributed by atoms with E-state index in [2.05, 4.69) is 17.3 Å². The smallest absolute Gasteiger partial charge is 0.0687 e. The van der Waals surface area contributed by atoms with Gasteiger partial charge in [-0.25, -0.2) is 0 Å². The minimum atomic E-state index is -0.320. The average molecular weight is 336 g/mol. The Balaban J connectivity index is 2.02. The number of aliphatic hydroxyl groups excluding tert-OH is 1. The molecule has 5 heteroatoms. The lowest BCUT2D eigenvalue weighted by Gasteiger charge is -2.15. The van der Waals surface area contributed by atoms with Crippen molar-refractivity contribution in [3.8, 4) is 0 Å². The Hall–Kier alpha value is -1.36. The number of aryl methyl sites for hydroxylation is 1. The highest BCUT2D eigenvalue weighted by atomic mass is 35.5. The van der Waals surface area contributed by atoms with E-state index in [0.717, 1.165) is 29.5 Å². The quantitative estimate of drug-likeness (QED) is 0.816. The third kappa shape index (κ3) is 4.80. The molecule has 126 valence electrons. The summed E-state index contributed by atoms with van der Waals surface area (Å²) in [6, 6.07) is 7.85. The summed E-state index contributed by atoms with van der Waals surface area (Å²) in [7, 11) is 0. The SMILES string of the molecule is Cc1nn(Cc2ccc(Cl)cc2)c(C)c1CNCC(O)C(C)C. The van der Waals surface area contributed by atoms with Crippen molar-refractivity contribution in [1.29, 1.82) is 0 Å². The van der Waals surface area contributed by atoms with Crippen LogP contribution < -0.4 is 5.32 Å². The van der Waals surface area contributed by atoms with E-state index in [1.807, 2.05) is 49.7 Å². The van der Waals surface area contributed by atoms with Crippen LogP contribution in [0.5, 0.6) is 0 Å². The van der Waals surface area contributed by atoms with E-state index < -0.39 is 0 Å². The molecule has 0 spiro atoms. The molecule has 0 saturated heterocycles. The molecule has 0 amide bonds. The van der Waals surface area contributed by atoms with Crippen LogP contribution in [0.2, 0.25) is 5.02 Å². The second-order valence-electron chi connectivity index (χ2n) is 6.38. The summed E-state index contributed by atoms with van der Waals surface area (Å²) >= 11 is 5.93. The maximum Gasteiger partial charge on any atom is 0.0687 e. The third-order valence-electron chi connectivity index (χ3n) is 4.20. The molecule has 0 bridgehead atoms. The highest BCUT2D eigenvalue weighted by Gasteiger charge is 2.13. The number of hydrogen-bond donors (Lipinski definition) is 2. The number of halogens is 1. The predicted octanol–water partition coefficient (Wildman–Crippen LogP) is 3.31. The summed E-state index contributed by atoms with van der Waals surface area (Å²) in [6.07, 6.45) is -0.320. The highest BCUT2D eigenvalue weighted by Crippen LogP contribution is 2.16. The van der Waals surface area contributed by atoms with Crippen molar-refractivity contribution in [2.75, 3.05) is 6.54 Å². The summed E-state index contributed by atoms with van der Waals surface area (Å²) in [5, 5.41) is 18.6. The van der Waals surface area contributed by atoms with E-state index in [4.69, 9.17) is 11.6 Å². The van der Waals surface area contributed by atoms with Gasteiger partial charge in [0.2, 0.25) is 0 Å². The molecule has 1 aromatic heterocycles. The van der Waals surface area contributed by atoms with Gasteiger partial charge in [0.15, 0.2) is 0 Å². The molecule has 1 unspecified atom stereocenters. The van der Waals surface area contributed by atoms with Gasteiger partial charge in [0.25, 0.3) is 0 Å². The first-order valence-electron chi connectivity index (χ1n) is 8.04. The van der Waals surface area contributed by atoms with E-state index in [1.165, 1.54) is 11.1 Å². The molecule has 0 aliphatic carbocycles. The zero-order valence-electron chi connectivity index (χ0n) is 14.3. The van der Waals surface area contributed by atoms with E-state index >= 15 is 0 Å². The first-order valence-corrected chi connectivity index (χ1v) is 8.42. The molecule has 2 aromatic rings. The molecule has 0 radical (unpaired) electrons. The summed E-state index contributed by atoms with van der Waals surface area (Å²) < 4.78 is 2.02. The molecule has 4 nitrogen and oxygen atoms in total. The molecule has 2 rings (SSSR count). The fourth-order valence-electron chi connectivity index (χ4n) is 2.49. The van der Waals surface area contributed by atoms with Crippen molar-refractivity contribution >= 4 is 11.6 Å². The third-order valence-corrected chi connectivity index (χ3v) is 4.45. The molecular formula is C18H26ClN3O. The summed E-state index contributed by atoms with van der Waals surface area (Å²) in [6.45, 7) is 10.2. The topological polar surface area (TPSA) is 50.1 Å². The fourth-order valence-corrected chi connectivity index (χ4v) is 2.61. The van der Waals surface area contributed by atoms with Crippen LogP contribution in [-0.4, -0.2) is 27.5 Å². The Kier molecular flexibility index (Phi) is 6.22. The molecule has 0 fully saturated rings. The van der Waals surface area contributed by atoms with E-state index in [9.17, 15) is 5.11 Å². The Labute approximate surface area is 143 Å². The maximum atomic E-state index is 9.87. The van der Waals surface area contributed by atoms with Crippen molar-refractivity contribution in [1.82, 2.24) is 15.1 Å². The lowest BCUT2D eigenvalue weighted by atomic mass is 10.1. The number of nitrogens with one attached hydrogen (secondary N) is 1. The van der Waals surface area contributed by atoms with Gasteiger partial charge in [0.05, 0.1) is 18.3 Å². The van der Waals surface area contributed by atoms with E-state index in [-0.39, 0.29) is 12.0 Å². The van der Waals surface area contributed by atoms with Crippen LogP contribution in [0.15, 0.2) is 24.3 Å². The van der Waals surface area contributed by atoms with Gasteiger partial charge in [-0.15, -0.1) is 0 Å². The van der Waals surface area contributed by atoms with Gasteiger partial charge in [-0.3, -0.25) is 4.68 Å². The lowest BCUT2D eigenvalue weighted by Crippen LogP contribution is -2.30. The average Bonchev–Trinajstić information content (AvgIpc) is 2.76. The van der Waals surface area contributed by atoms with Gasteiger partial charge in [-0.05, 0) is 37.5 Å². The van der Waals surface area contributed by atoms with Gasteiger partial charge in [-0.1, -0.05) is 37.6 Å². The molecule has 2 N–H and O–H groups in total. The minimum absolute atomic E-state index is 0.261. The molecule has 1 aromatic carbocycles. The zero-order valence-corrected chi connectivity index (χ0v) is 15.1. The number of nitrogens with zero attached hydrogens (tertiary/aromatic N) is 2. The van der Waals surface area contributed by atoms with Crippen LogP contribution in [0.3, 0.4) is 0 Å². The maximum absolute atomic E-state index is 9.87. The molecular weight excluding hydrogens is 310 g/mol.